The van der Waals surface area contributed by atoms with Crippen LogP contribution in [0.15, 0.2) is 53.4 Å². The van der Waals surface area contributed by atoms with Crippen molar-refractivity contribution in [2.24, 2.45) is 5.73 Å². The number of esters is 1. The third-order valence-electron chi connectivity index (χ3n) is 3.81. The van der Waals surface area contributed by atoms with Gasteiger partial charge in [0.15, 0.2) is 6.10 Å². The number of ether oxygens (including phenoxy) is 1. The zero-order valence-corrected chi connectivity index (χ0v) is 15.5. The number of rotatable bonds is 6. The van der Waals surface area contributed by atoms with Crippen molar-refractivity contribution in [2.45, 2.75) is 24.8 Å². The number of nitrogens with zero attached hydrogens (tertiary/aromatic N) is 1. The Bertz CT molecular complexity index is 923. The first kappa shape index (κ1) is 19.5. The third kappa shape index (κ3) is 4.20. The Labute approximate surface area is 152 Å². The SMILES string of the molecule is Cc1ccc(N(C)S(=O)(=O)c2cccc(C(=O)O[C@@H](C)C(N)=O)c2)cc1. The zero-order valence-electron chi connectivity index (χ0n) is 14.7. The summed E-state index contributed by atoms with van der Waals surface area (Å²) in [6.45, 7) is 3.24. The minimum Gasteiger partial charge on any atom is -0.449 e. The van der Waals surface area contributed by atoms with E-state index >= 15 is 0 Å². The second-order valence-electron chi connectivity index (χ2n) is 5.79. The fourth-order valence-electron chi connectivity index (χ4n) is 2.12. The van der Waals surface area contributed by atoms with Gasteiger partial charge < -0.3 is 10.5 Å². The number of amides is 1. The number of hydrogen-bond acceptors (Lipinski definition) is 5. The summed E-state index contributed by atoms with van der Waals surface area (Å²) in [5.74, 6) is -1.62. The molecular formula is C18H20N2O5S. The van der Waals surface area contributed by atoms with E-state index in [1.165, 1.54) is 38.2 Å². The molecule has 0 heterocycles. The van der Waals surface area contributed by atoms with Gasteiger partial charge in [0, 0.05) is 7.05 Å². The lowest BCUT2D eigenvalue weighted by molar-refractivity contribution is -0.125. The van der Waals surface area contributed by atoms with E-state index in [2.05, 4.69) is 0 Å². The van der Waals surface area contributed by atoms with Gasteiger partial charge in [0.1, 0.15) is 0 Å². The van der Waals surface area contributed by atoms with Crippen LogP contribution in [0.25, 0.3) is 0 Å². The van der Waals surface area contributed by atoms with Crippen LogP contribution in [0.2, 0.25) is 0 Å². The van der Waals surface area contributed by atoms with Gasteiger partial charge in [-0.05, 0) is 44.2 Å². The molecule has 0 aromatic heterocycles. The molecule has 1 amide bonds. The highest BCUT2D eigenvalue weighted by Gasteiger charge is 2.23. The van der Waals surface area contributed by atoms with E-state index in [1.54, 1.807) is 24.3 Å². The van der Waals surface area contributed by atoms with E-state index in [-0.39, 0.29) is 10.5 Å². The van der Waals surface area contributed by atoms with Gasteiger partial charge in [-0.3, -0.25) is 9.10 Å². The fraction of sp³-hybridized carbons (Fsp3) is 0.222. The molecule has 8 heteroatoms. The number of aryl methyl sites for hydroxylation is 1. The molecule has 0 unspecified atom stereocenters. The third-order valence-corrected chi connectivity index (χ3v) is 5.59. The minimum atomic E-state index is -3.87. The number of carbonyl (C=O) groups is 2. The van der Waals surface area contributed by atoms with Crippen LogP contribution in [0.4, 0.5) is 5.69 Å². The lowest BCUT2D eigenvalue weighted by Crippen LogP contribution is -2.30. The van der Waals surface area contributed by atoms with Crippen molar-refractivity contribution in [2.75, 3.05) is 11.4 Å². The molecular weight excluding hydrogens is 356 g/mol. The maximum atomic E-state index is 12.8. The summed E-state index contributed by atoms with van der Waals surface area (Å²) < 4.78 is 31.7. The van der Waals surface area contributed by atoms with Crippen LogP contribution in [0, 0.1) is 6.92 Å². The van der Waals surface area contributed by atoms with Crippen LogP contribution in [-0.2, 0) is 19.6 Å². The monoisotopic (exact) mass is 376 g/mol. The van der Waals surface area contributed by atoms with Gasteiger partial charge >= 0.3 is 5.97 Å². The highest BCUT2D eigenvalue weighted by molar-refractivity contribution is 7.92. The number of sulfonamides is 1. The van der Waals surface area contributed by atoms with E-state index < -0.39 is 28.0 Å². The van der Waals surface area contributed by atoms with Crippen molar-refractivity contribution >= 4 is 27.6 Å². The molecule has 0 bridgehead atoms. The number of carbonyl (C=O) groups excluding carboxylic acids is 2. The Balaban J connectivity index is 2.31. The first-order valence-electron chi connectivity index (χ1n) is 7.79. The second kappa shape index (κ2) is 7.57. The molecule has 0 radical (unpaired) electrons. The average Bonchev–Trinajstić information content (AvgIpc) is 2.61. The van der Waals surface area contributed by atoms with Gasteiger partial charge in [-0.15, -0.1) is 0 Å². The Morgan fingerprint density at radius 3 is 2.31 bits per heavy atom. The lowest BCUT2D eigenvalue weighted by atomic mass is 10.2. The van der Waals surface area contributed by atoms with Crippen LogP contribution in [0.1, 0.15) is 22.8 Å². The van der Waals surface area contributed by atoms with Crippen LogP contribution in [0.3, 0.4) is 0 Å². The molecule has 0 aliphatic rings. The Morgan fingerprint density at radius 2 is 1.73 bits per heavy atom. The zero-order chi connectivity index (χ0) is 19.5. The summed E-state index contributed by atoms with van der Waals surface area (Å²) in [4.78, 5) is 23.0. The molecule has 0 saturated heterocycles. The van der Waals surface area contributed by atoms with Gasteiger partial charge in [0.25, 0.3) is 15.9 Å². The Morgan fingerprint density at radius 1 is 1.12 bits per heavy atom. The highest BCUT2D eigenvalue weighted by atomic mass is 32.2. The van der Waals surface area contributed by atoms with Crippen LogP contribution in [0.5, 0.6) is 0 Å². The molecule has 7 nitrogen and oxygen atoms in total. The van der Waals surface area contributed by atoms with E-state index in [0.29, 0.717) is 5.69 Å². The molecule has 26 heavy (non-hydrogen) atoms. The number of nitrogens with two attached hydrogens (primary N) is 1. The summed E-state index contributed by atoms with van der Waals surface area (Å²) in [5.41, 5.74) is 6.57. The lowest BCUT2D eigenvalue weighted by Gasteiger charge is -2.20. The highest BCUT2D eigenvalue weighted by Crippen LogP contribution is 2.23. The van der Waals surface area contributed by atoms with Crippen molar-refractivity contribution in [1.29, 1.82) is 0 Å². The van der Waals surface area contributed by atoms with E-state index in [0.717, 1.165) is 9.87 Å². The average molecular weight is 376 g/mol. The van der Waals surface area contributed by atoms with Crippen molar-refractivity contribution in [1.82, 2.24) is 0 Å². The van der Waals surface area contributed by atoms with Crippen molar-refractivity contribution in [3.63, 3.8) is 0 Å². The topological polar surface area (TPSA) is 107 Å². The number of primary amides is 1. The predicted molar refractivity (Wildman–Crippen MR) is 97.3 cm³/mol. The van der Waals surface area contributed by atoms with Gasteiger partial charge in [-0.2, -0.15) is 0 Å². The summed E-state index contributed by atoms with van der Waals surface area (Å²) in [5, 5.41) is 0. The molecule has 0 spiro atoms. The normalized spacial score (nSPS) is 12.3. The summed E-state index contributed by atoms with van der Waals surface area (Å²) in [7, 11) is -2.44. The standard InChI is InChI=1S/C18H20N2O5S/c1-12-7-9-15(10-8-12)20(3)26(23,24)16-6-4-5-14(11-16)18(22)25-13(2)17(19)21/h4-11,13H,1-3H3,(H2,19,21)/t13-/m0/s1. The Kier molecular flexibility index (Phi) is 5.66. The quantitative estimate of drug-likeness (QED) is 0.774. The van der Waals surface area contributed by atoms with Crippen molar-refractivity contribution < 1.29 is 22.7 Å². The largest absolute Gasteiger partial charge is 0.449 e. The van der Waals surface area contributed by atoms with Crippen molar-refractivity contribution in [3.8, 4) is 0 Å². The minimum absolute atomic E-state index is 0.0106. The molecule has 2 N–H and O–H groups in total. The van der Waals surface area contributed by atoms with Crippen LogP contribution >= 0.6 is 0 Å². The van der Waals surface area contributed by atoms with Gasteiger partial charge in [-0.1, -0.05) is 23.8 Å². The molecule has 1 atom stereocenters. The van der Waals surface area contributed by atoms with E-state index in [4.69, 9.17) is 10.5 Å². The fourth-order valence-corrected chi connectivity index (χ4v) is 3.36. The number of anilines is 1. The maximum Gasteiger partial charge on any atom is 0.338 e. The molecule has 0 saturated carbocycles. The molecule has 2 rings (SSSR count). The second-order valence-corrected chi connectivity index (χ2v) is 7.76. The van der Waals surface area contributed by atoms with Crippen LogP contribution < -0.4 is 10.0 Å². The summed E-state index contributed by atoms with van der Waals surface area (Å²) in [6.07, 6.45) is -1.11. The molecule has 0 aliphatic heterocycles. The molecule has 138 valence electrons. The Hall–Kier alpha value is -2.87. The summed E-state index contributed by atoms with van der Waals surface area (Å²) in [6, 6.07) is 12.4. The smallest absolute Gasteiger partial charge is 0.338 e. The first-order chi connectivity index (χ1) is 12.1. The van der Waals surface area contributed by atoms with E-state index in [9.17, 15) is 18.0 Å². The molecule has 2 aromatic rings. The van der Waals surface area contributed by atoms with Crippen molar-refractivity contribution in [3.05, 3.63) is 59.7 Å². The first-order valence-corrected chi connectivity index (χ1v) is 9.23. The van der Waals surface area contributed by atoms with Crippen LogP contribution in [-0.4, -0.2) is 33.4 Å². The van der Waals surface area contributed by atoms with Gasteiger partial charge in [0.2, 0.25) is 0 Å². The molecule has 2 aromatic carbocycles. The number of benzene rings is 2. The maximum absolute atomic E-state index is 12.8. The molecule has 0 aliphatic carbocycles. The molecule has 0 fully saturated rings. The van der Waals surface area contributed by atoms with Gasteiger partial charge in [0.05, 0.1) is 16.1 Å². The van der Waals surface area contributed by atoms with E-state index in [1.807, 2.05) is 6.92 Å². The predicted octanol–water partition coefficient (Wildman–Crippen LogP) is 1.85. The summed E-state index contributed by atoms with van der Waals surface area (Å²) >= 11 is 0. The van der Waals surface area contributed by atoms with Gasteiger partial charge in [-0.25, -0.2) is 13.2 Å². The number of hydrogen-bond donors (Lipinski definition) is 1.